The number of nitrogens with zero attached hydrogens (tertiary/aromatic N) is 1. The third-order valence-corrected chi connectivity index (χ3v) is 5.20. The molecule has 3 heterocycles. The number of hydrogen-bond donors (Lipinski definition) is 0. The molecule has 1 saturated heterocycles. The van der Waals surface area contributed by atoms with Gasteiger partial charge in [-0.25, -0.2) is 0 Å². The van der Waals surface area contributed by atoms with Gasteiger partial charge in [0.05, 0.1) is 32.6 Å². The molecule has 5 heteroatoms. The number of carbonyl (C=O) groups excluding carboxylic acids is 1. The quantitative estimate of drug-likeness (QED) is 0.557. The van der Waals surface area contributed by atoms with Crippen molar-refractivity contribution >= 4 is 5.78 Å². The number of carbonyl (C=O) groups is 1. The highest BCUT2D eigenvalue weighted by Crippen LogP contribution is 2.42. The smallest absolute Gasteiger partial charge is 0.212 e. The second-order valence-electron chi connectivity index (χ2n) is 6.69. The van der Waals surface area contributed by atoms with Gasteiger partial charge < -0.3 is 18.8 Å². The van der Waals surface area contributed by atoms with Crippen molar-refractivity contribution in [3.05, 3.63) is 71.5 Å². The summed E-state index contributed by atoms with van der Waals surface area (Å²) in [6.07, 6.45) is 1.84. The number of hydrogen-bond acceptors (Lipinski definition) is 4. The minimum Gasteiger partial charge on any atom is -0.497 e. The van der Waals surface area contributed by atoms with Crippen LogP contribution < -0.4 is 4.74 Å². The van der Waals surface area contributed by atoms with Crippen molar-refractivity contribution < 1.29 is 19.0 Å². The summed E-state index contributed by atoms with van der Waals surface area (Å²) in [5.41, 5.74) is 5.19. The average molecular weight is 361 g/mol. The van der Waals surface area contributed by atoms with Crippen LogP contribution in [0.3, 0.4) is 0 Å². The highest BCUT2D eigenvalue weighted by Gasteiger charge is 2.35. The summed E-state index contributed by atoms with van der Waals surface area (Å²) in [4.78, 5) is 13.2. The Morgan fingerprint density at radius 3 is 2.63 bits per heavy atom. The molecule has 136 valence electrons. The monoisotopic (exact) mass is 361 g/mol. The molecule has 1 aromatic heterocycles. The van der Waals surface area contributed by atoms with Gasteiger partial charge in [-0.1, -0.05) is 24.3 Å². The number of ether oxygens (including phenoxy) is 3. The van der Waals surface area contributed by atoms with Crippen LogP contribution in [0.25, 0.3) is 16.8 Å². The van der Waals surface area contributed by atoms with Crippen molar-refractivity contribution in [3.8, 4) is 22.6 Å². The van der Waals surface area contributed by atoms with Crippen molar-refractivity contribution in [1.82, 2.24) is 4.57 Å². The Morgan fingerprint density at radius 2 is 1.89 bits per heavy atom. The standard InChI is InChI=1S/C22H19NO4/c1-25-15-8-6-14(7-9-15)20-17(19-13-26-10-11-27-19)12-23-18-5-3-2-4-16(18)22(24)21(20)23/h2-9,12,19H,10-11,13H2,1H3. The third-order valence-electron chi connectivity index (χ3n) is 5.20. The van der Waals surface area contributed by atoms with E-state index < -0.39 is 0 Å². The molecule has 1 atom stereocenters. The molecule has 1 unspecified atom stereocenters. The number of benzene rings is 2. The maximum absolute atomic E-state index is 13.2. The second kappa shape index (κ2) is 6.37. The molecule has 27 heavy (non-hydrogen) atoms. The summed E-state index contributed by atoms with van der Waals surface area (Å²) in [5, 5.41) is 0. The van der Waals surface area contributed by atoms with E-state index in [0.29, 0.717) is 25.5 Å². The molecule has 0 spiro atoms. The molecule has 1 fully saturated rings. The molecular formula is C22H19NO4. The molecule has 3 aromatic rings. The Kier molecular flexibility index (Phi) is 3.85. The normalized spacial score (nSPS) is 18.3. The van der Waals surface area contributed by atoms with Gasteiger partial charge in [0.1, 0.15) is 17.5 Å². The Labute approximate surface area is 157 Å². The van der Waals surface area contributed by atoms with Crippen LogP contribution in [0.2, 0.25) is 0 Å². The van der Waals surface area contributed by atoms with E-state index in [1.54, 1.807) is 7.11 Å². The summed E-state index contributed by atoms with van der Waals surface area (Å²) < 4.78 is 18.8. The lowest BCUT2D eigenvalue weighted by Gasteiger charge is -2.23. The molecule has 5 nitrogen and oxygen atoms in total. The highest BCUT2D eigenvalue weighted by atomic mass is 16.6. The third kappa shape index (κ3) is 2.51. The zero-order valence-corrected chi connectivity index (χ0v) is 15.0. The predicted octanol–water partition coefficient (Wildman–Crippen LogP) is 3.79. The van der Waals surface area contributed by atoms with Gasteiger partial charge in [0.25, 0.3) is 0 Å². The van der Waals surface area contributed by atoms with Crippen LogP contribution in [0.4, 0.5) is 0 Å². The molecule has 2 aliphatic rings. The van der Waals surface area contributed by atoms with Crippen molar-refractivity contribution in [2.45, 2.75) is 6.10 Å². The Morgan fingerprint density at radius 1 is 1.07 bits per heavy atom. The molecule has 0 amide bonds. The number of para-hydroxylation sites is 1. The van der Waals surface area contributed by atoms with Crippen LogP contribution in [0.5, 0.6) is 5.75 Å². The first kappa shape index (κ1) is 16.3. The minimum absolute atomic E-state index is 0.0411. The summed E-state index contributed by atoms with van der Waals surface area (Å²) in [6.45, 7) is 1.64. The van der Waals surface area contributed by atoms with E-state index in [-0.39, 0.29) is 11.9 Å². The van der Waals surface area contributed by atoms with Crippen molar-refractivity contribution in [2.24, 2.45) is 0 Å². The fourth-order valence-electron chi connectivity index (χ4n) is 3.91. The first-order valence-corrected chi connectivity index (χ1v) is 9.01. The SMILES string of the molecule is COc1ccc(-c2c(C3COCCO3)cn3c2C(=O)c2ccccc2-3)cc1. The van der Waals surface area contributed by atoms with E-state index in [9.17, 15) is 4.79 Å². The average Bonchev–Trinajstić information content (AvgIpc) is 3.25. The van der Waals surface area contributed by atoms with Gasteiger partial charge >= 0.3 is 0 Å². The van der Waals surface area contributed by atoms with E-state index in [2.05, 4.69) is 0 Å². The van der Waals surface area contributed by atoms with Crippen molar-refractivity contribution in [3.63, 3.8) is 0 Å². The maximum Gasteiger partial charge on any atom is 0.212 e. The van der Waals surface area contributed by atoms with Crippen LogP contribution in [0, 0.1) is 0 Å². The number of aromatic nitrogens is 1. The van der Waals surface area contributed by atoms with Gasteiger partial charge in [-0.3, -0.25) is 4.79 Å². The molecule has 0 aliphatic carbocycles. The predicted molar refractivity (Wildman–Crippen MR) is 101 cm³/mol. The summed E-state index contributed by atoms with van der Waals surface area (Å²) in [6, 6.07) is 15.5. The molecule has 0 N–H and O–H groups in total. The van der Waals surface area contributed by atoms with Gasteiger partial charge in [-0.2, -0.15) is 0 Å². The largest absolute Gasteiger partial charge is 0.497 e. The van der Waals surface area contributed by atoms with Crippen LogP contribution >= 0.6 is 0 Å². The van der Waals surface area contributed by atoms with E-state index >= 15 is 0 Å². The molecule has 0 saturated carbocycles. The second-order valence-corrected chi connectivity index (χ2v) is 6.69. The van der Waals surface area contributed by atoms with Gasteiger partial charge in [-0.05, 0) is 29.8 Å². The lowest BCUT2D eigenvalue weighted by molar-refractivity contribution is -0.0899. The molecule has 2 aliphatic heterocycles. The Balaban J connectivity index is 1.72. The molecule has 0 radical (unpaired) electrons. The lowest BCUT2D eigenvalue weighted by Crippen LogP contribution is -2.22. The van der Waals surface area contributed by atoms with Gasteiger partial charge in [0.15, 0.2) is 0 Å². The van der Waals surface area contributed by atoms with Crippen LogP contribution in [-0.2, 0) is 9.47 Å². The Hall–Kier alpha value is -2.89. The fraction of sp³-hybridized carbons (Fsp3) is 0.227. The number of rotatable bonds is 3. The number of ketones is 1. The zero-order valence-electron chi connectivity index (χ0n) is 15.0. The van der Waals surface area contributed by atoms with Gasteiger partial charge in [0.2, 0.25) is 5.78 Å². The van der Waals surface area contributed by atoms with Gasteiger partial charge in [-0.15, -0.1) is 0 Å². The first-order valence-electron chi connectivity index (χ1n) is 9.01. The topological polar surface area (TPSA) is 49.7 Å². The molecule has 0 bridgehead atoms. The van der Waals surface area contributed by atoms with E-state index in [0.717, 1.165) is 33.7 Å². The van der Waals surface area contributed by atoms with Crippen LogP contribution in [-0.4, -0.2) is 37.3 Å². The lowest BCUT2D eigenvalue weighted by atomic mass is 9.95. The van der Waals surface area contributed by atoms with Crippen LogP contribution in [0.15, 0.2) is 54.7 Å². The highest BCUT2D eigenvalue weighted by molar-refractivity contribution is 6.17. The Bertz CT molecular complexity index is 1010. The molecule has 5 rings (SSSR count). The first-order chi connectivity index (χ1) is 13.3. The summed E-state index contributed by atoms with van der Waals surface area (Å²) in [5.74, 6) is 0.822. The number of methoxy groups -OCH3 is 1. The maximum atomic E-state index is 13.2. The minimum atomic E-state index is -0.186. The zero-order chi connectivity index (χ0) is 18.4. The van der Waals surface area contributed by atoms with Crippen molar-refractivity contribution in [1.29, 1.82) is 0 Å². The van der Waals surface area contributed by atoms with E-state index in [4.69, 9.17) is 14.2 Å². The summed E-state index contributed by atoms with van der Waals surface area (Å²) >= 11 is 0. The molecule has 2 aromatic carbocycles. The number of fused-ring (bicyclic) bond motifs is 3. The van der Waals surface area contributed by atoms with Gasteiger partial charge in [0, 0.05) is 22.9 Å². The molecular weight excluding hydrogens is 342 g/mol. The van der Waals surface area contributed by atoms with E-state index in [1.165, 1.54) is 0 Å². The van der Waals surface area contributed by atoms with Crippen LogP contribution in [0.1, 0.15) is 27.7 Å². The fourth-order valence-corrected chi connectivity index (χ4v) is 3.91. The van der Waals surface area contributed by atoms with E-state index in [1.807, 2.05) is 59.3 Å². The summed E-state index contributed by atoms with van der Waals surface area (Å²) in [7, 11) is 1.64. The van der Waals surface area contributed by atoms with Crippen molar-refractivity contribution in [2.75, 3.05) is 26.9 Å².